The summed E-state index contributed by atoms with van der Waals surface area (Å²) in [5.74, 6) is 0.875. The lowest BCUT2D eigenvalue weighted by molar-refractivity contribution is 0.0168. The number of hydrogen-bond donors (Lipinski definition) is 2. The fourth-order valence-corrected chi connectivity index (χ4v) is 2.82. The zero-order chi connectivity index (χ0) is 16.5. The summed E-state index contributed by atoms with van der Waals surface area (Å²) in [6, 6.07) is 1.32. The molecular weight excluding hydrogens is 419 g/mol. The first kappa shape index (κ1) is 21.9. The number of hydrogen-bond acceptors (Lipinski definition) is 4. The van der Waals surface area contributed by atoms with Gasteiger partial charge in [0.1, 0.15) is 0 Å². The van der Waals surface area contributed by atoms with Crippen molar-refractivity contribution < 1.29 is 9.47 Å². The molecule has 1 aliphatic heterocycles. The zero-order valence-corrected chi connectivity index (χ0v) is 17.8. The van der Waals surface area contributed by atoms with E-state index in [9.17, 15) is 0 Å². The number of nitrogens with zero attached hydrogens (tertiary/aromatic N) is 2. The first-order valence-electron chi connectivity index (χ1n) is 9.06. The van der Waals surface area contributed by atoms with Gasteiger partial charge >= 0.3 is 0 Å². The average molecular weight is 454 g/mol. The Balaban J connectivity index is 0.00000288. The molecule has 0 aromatic heterocycles. The summed E-state index contributed by atoms with van der Waals surface area (Å²) >= 11 is 0. The molecule has 2 aliphatic rings. The van der Waals surface area contributed by atoms with Crippen LogP contribution in [-0.2, 0) is 9.47 Å². The van der Waals surface area contributed by atoms with Gasteiger partial charge in [-0.1, -0.05) is 0 Å². The minimum atomic E-state index is 0. The van der Waals surface area contributed by atoms with Crippen LogP contribution in [0.5, 0.6) is 0 Å². The van der Waals surface area contributed by atoms with Gasteiger partial charge in [0.15, 0.2) is 5.96 Å². The van der Waals surface area contributed by atoms with E-state index in [2.05, 4.69) is 34.5 Å². The highest BCUT2D eigenvalue weighted by atomic mass is 127. The van der Waals surface area contributed by atoms with Gasteiger partial charge in [0, 0.05) is 45.4 Å². The maximum absolute atomic E-state index is 5.66. The molecule has 0 aromatic carbocycles. The van der Waals surface area contributed by atoms with Crippen molar-refractivity contribution in [3.63, 3.8) is 0 Å². The molecule has 142 valence electrons. The Hall–Kier alpha value is -0.120. The lowest BCUT2D eigenvalue weighted by atomic mass is 10.2. The Bertz CT molecular complexity index is 360. The van der Waals surface area contributed by atoms with Crippen molar-refractivity contribution in [2.24, 2.45) is 4.99 Å². The minimum absolute atomic E-state index is 0. The highest BCUT2D eigenvalue weighted by molar-refractivity contribution is 14.0. The SMILES string of the molecule is CN=C(NCCCOCC1CCCO1)NCC(C)N(C)C1CC1.I. The third-order valence-electron chi connectivity index (χ3n) is 4.69. The van der Waals surface area contributed by atoms with E-state index in [4.69, 9.17) is 9.47 Å². The molecule has 0 bridgehead atoms. The van der Waals surface area contributed by atoms with E-state index in [1.165, 1.54) is 19.3 Å². The second-order valence-corrected chi connectivity index (χ2v) is 6.69. The van der Waals surface area contributed by atoms with Crippen molar-refractivity contribution in [1.29, 1.82) is 0 Å². The highest BCUT2D eigenvalue weighted by Crippen LogP contribution is 2.26. The summed E-state index contributed by atoms with van der Waals surface area (Å²) < 4.78 is 11.2. The van der Waals surface area contributed by atoms with Crippen LogP contribution in [-0.4, -0.2) is 76.1 Å². The van der Waals surface area contributed by atoms with Crippen LogP contribution in [0.15, 0.2) is 4.99 Å². The normalized spacial score (nSPS) is 22.3. The second-order valence-electron chi connectivity index (χ2n) is 6.69. The van der Waals surface area contributed by atoms with Crippen molar-refractivity contribution in [3.05, 3.63) is 0 Å². The third kappa shape index (κ3) is 8.31. The average Bonchev–Trinajstić information content (AvgIpc) is 3.29. The molecule has 6 nitrogen and oxygen atoms in total. The fourth-order valence-electron chi connectivity index (χ4n) is 2.82. The van der Waals surface area contributed by atoms with Gasteiger partial charge in [-0.2, -0.15) is 0 Å². The number of guanidine groups is 1. The first-order chi connectivity index (χ1) is 11.2. The van der Waals surface area contributed by atoms with E-state index in [-0.39, 0.29) is 24.0 Å². The predicted octanol–water partition coefficient (Wildman–Crippen LogP) is 1.84. The molecule has 7 heteroatoms. The standard InChI is InChI=1S/C17H34N4O2.HI/c1-14(21(3)15-7-8-15)12-20-17(18-2)19-9-5-10-22-13-16-6-4-11-23-16;/h14-16H,4-13H2,1-3H3,(H2,18,19,20);1H. The summed E-state index contributed by atoms with van der Waals surface area (Å²) in [7, 11) is 4.03. The topological polar surface area (TPSA) is 58.1 Å². The van der Waals surface area contributed by atoms with Crippen molar-refractivity contribution in [3.8, 4) is 0 Å². The van der Waals surface area contributed by atoms with Gasteiger partial charge in [-0.25, -0.2) is 0 Å². The molecule has 24 heavy (non-hydrogen) atoms. The van der Waals surface area contributed by atoms with Crippen LogP contribution >= 0.6 is 24.0 Å². The molecule has 2 atom stereocenters. The largest absolute Gasteiger partial charge is 0.379 e. The number of nitrogens with one attached hydrogen (secondary N) is 2. The summed E-state index contributed by atoms with van der Waals surface area (Å²) in [6.45, 7) is 6.45. The molecule has 2 N–H and O–H groups in total. The zero-order valence-electron chi connectivity index (χ0n) is 15.4. The fraction of sp³-hybridized carbons (Fsp3) is 0.941. The van der Waals surface area contributed by atoms with Crippen LogP contribution in [0.1, 0.15) is 39.0 Å². The van der Waals surface area contributed by atoms with Crippen molar-refractivity contribution in [1.82, 2.24) is 15.5 Å². The van der Waals surface area contributed by atoms with Gasteiger partial charge in [0.25, 0.3) is 0 Å². The van der Waals surface area contributed by atoms with Gasteiger partial charge in [-0.05, 0) is 46.1 Å². The monoisotopic (exact) mass is 454 g/mol. The molecule has 2 unspecified atom stereocenters. The maximum Gasteiger partial charge on any atom is 0.191 e. The predicted molar refractivity (Wildman–Crippen MR) is 109 cm³/mol. The van der Waals surface area contributed by atoms with E-state index >= 15 is 0 Å². The Morgan fingerprint density at radius 2 is 2.12 bits per heavy atom. The molecular formula is C17H35IN4O2. The van der Waals surface area contributed by atoms with Crippen molar-refractivity contribution in [2.45, 2.75) is 57.2 Å². The van der Waals surface area contributed by atoms with Gasteiger partial charge in [0.2, 0.25) is 0 Å². The van der Waals surface area contributed by atoms with Crippen LogP contribution in [0.2, 0.25) is 0 Å². The summed E-state index contributed by atoms with van der Waals surface area (Å²) in [4.78, 5) is 6.73. The number of likely N-dealkylation sites (N-methyl/N-ethyl adjacent to an activating group) is 1. The molecule has 2 fully saturated rings. The van der Waals surface area contributed by atoms with E-state index < -0.39 is 0 Å². The molecule has 1 saturated heterocycles. The molecule has 0 aromatic rings. The number of aliphatic imine (C=N–C) groups is 1. The smallest absolute Gasteiger partial charge is 0.191 e. The van der Waals surface area contributed by atoms with Gasteiger partial charge in [0.05, 0.1) is 12.7 Å². The highest BCUT2D eigenvalue weighted by Gasteiger charge is 2.28. The summed E-state index contributed by atoms with van der Waals surface area (Å²) in [6.07, 6.45) is 6.31. The quantitative estimate of drug-likeness (QED) is 0.228. The number of rotatable bonds is 10. The molecule has 0 amide bonds. The lowest BCUT2D eigenvalue weighted by Gasteiger charge is -2.25. The Morgan fingerprint density at radius 1 is 1.33 bits per heavy atom. The van der Waals surface area contributed by atoms with Crippen LogP contribution < -0.4 is 10.6 Å². The maximum atomic E-state index is 5.66. The summed E-state index contributed by atoms with van der Waals surface area (Å²) in [5, 5.41) is 6.75. The molecule has 2 rings (SSSR count). The van der Waals surface area contributed by atoms with Crippen LogP contribution in [0.4, 0.5) is 0 Å². The van der Waals surface area contributed by atoms with E-state index in [1.807, 2.05) is 7.05 Å². The van der Waals surface area contributed by atoms with Crippen LogP contribution in [0.3, 0.4) is 0 Å². The minimum Gasteiger partial charge on any atom is -0.379 e. The van der Waals surface area contributed by atoms with E-state index in [1.54, 1.807) is 0 Å². The second kappa shape index (κ2) is 12.3. The van der Waals surface area contributed by atoms with Gasteiger partial charge in [-0.3, -0.25) is 9.89 Å². The third-order valence-corrected chi connectivity index (χ3v) is 4.69. The van der Waals surface area contributed by atoms with Crippen molar-refractivity contribution >= 4 is 29.9 Å². The van der Waals surface area contributed by atoms with Crippen LogP contribution in [0, 0.1) is 0 Å². The van der Waals surface area contributed by atoms with Gasteiger partial charge < -0.3 is 20.1 Å². The molecule has 1 saturated carbocycles. The van der Waals surface area contributed by atoms with Gasteiger partial charge in [-0.15, -0.1) is 24.0 Å². The number of ether oxygens (including phenoxy) is 2. The summed E-state index contributed by atoms with van der Waals surface area (Å²) in [5.41, 5.74) is 0. The Morgan fingerprint density at radius 3 is 2.75 bits per heavy atom. The first-order valence-corrected chi connectivity index (χ1v) is 9.06. The van der Waals surface area contributed by atoms with E-state index in [0.29, 0.717) is 12.1 Å². The Kier molecular flexibility index (Phi) is 11.2. The molecule has 0 radical (unpaired) electrons. The van der Waals surface area contributed by atoms with E-state index in [0.717, 1.165) is 57.8 Å². The lowest BCUT2D eigenvalue weighted by Crippen LogP contribution is -2.45. The molecule has 1 heterocycles. The molecule has 1 aliphatic carbocycles. The van der Waals surface area contributed by atoms with Crippen molar-refractivity contribution in [2.75, 3.05) is 47.0 Å². The molecule has 0 spiro atoms. The Labute approximate surface area is 164 Å². The number of halogens is 1. The van der Waals surface area contributed by atoms with Crippen LogP contribution in [0.25, 0.3) is 0 Å².